The van der Waals surface area contributed by atoms with Crippen LogP contribution in [0.5, 0.6) is 0 Å². The molecule has 5 heteroatoms. The Morgan fingerprint density at radius 1 is 1.15 bits per heavy atom. The third-order valence-corrected chi connectivity index (χ3v) is 4.56. The Labute approximate surface area is 115 Å². The van der Waals surface area contributed by atoms with E-state index in [4.69, 9.17) is 5.73 Å². The molecule has 0 radical (unpaired) electrons. The molecule has 0 bridgehead atoms. The number of aromatic nitrogens is 1. The van der Waals surface area contributed by atoms with Crippen molar-refractivity contribution in [3.05, 3.63) is 35.8 Å². The summed E-state index contributed by atoms with van der Waals surface area (Å²) in [6, 6.07) is 4.80. The fourth-order valence-corrected chi connectivity index (χ4v) is 3.24. The molecule has 1 heterocycles. The zero-order chi connectivity index (χ0) is 14.4. The van der Waals surface area contributed by atoms with E-state index in [9.17, 15) is 13.2 Å². The Morgan fingerprint density at radius 2 is 1.85 bits per heavy atom. The molecule has 1 fully saturated rings. The minimum atomic E-state index is -2.62. The molecule has 1 aliphatic rings. The summed E-state index contributed by atoms with van der Waals surface area (Å²) in [5, 5.41) is 0.489. The number of hydrogen-bond donors (Lipinski definition) is 2. The fourth-order valence-electron chi connectivity index (χ4n) is 3.24. The molecule has 2 nitrogen and oxygen atoms in total. The molecule has 3 rings (SSSR count). The fraction of sp³-hybridized carbons (Fsp3) is 0.467. The van der Waals surface area contributed by atoms with E-state index in [0.717, 1.165) is 5.56 Å². The van der Waals surface area contributed by atoms with Gasteiger partial charge in [0.25, 0.3) is 0 Å². The average Bonchev–Trinajstić information content (AvgIpc) is 2.86. The molecule has 108 valence electrons. The van der Waals surface area contributed by atoms with Gasteiger partial charge in [0.05, 0.1) is 0 Å². The number of fused-ring (bicyclic) bond motifs is 1. The molecule has 20 heavy (non-hydrogen) atoms. The summed E-state index contributed by atoms with van der Waals surface area (Å²) in [5.74, 6) is -2.95. The van der Waals surface area contributed by atoms with Crippen molar-refractivity contribution >= 4 is 10.9 Å². The third kappa shape index (κ3) is 2.00. The molecule has 0 aliphatic heterocycles. The number of aromatic amines is 1. The predicted molar refractivity (Wildman–Crippen MR) is 72.4 cm³/mol. The molecule has 1 aromatic heterocycles. The van der Waals surface area contributed by atoms with Crippen LogP contribution in [-0.2, 0) is 5.41 Å². The summed E-state index contributed by atoms with van der Waals surface area (Å²) in [7, 11) is 0. The molecule has 3 N–H and O–H groups in total. The number of alkyl halides is 2. The van der Waals surface area contributed by atoms with E-state index < -0.39 is 11.3 Å². The minimum Gasteiger partial charge on any atom is -0.361 e. The highest BCUT2D eigenvalue weighted by atomic mass is 19.3. The first-order chi connectivity index (χ1) is 9.47. The maximum Gasteiger partial charge on any atom is 0.248 e. The highest BCUT2D eigenvalue weighted by Crippen LogP contribution is 2.46. The SMILES string of the molecule is NCC1(c2c[nH]c3cccc(F)c23)CCC(F)(F)CC1. The summed E-state index contributed by atoms with van der Waals surface area (Å²) in [6.45, 7) is 0.254. The third-order valence-electron chi connectivity index (χ3n) is 4.56. The first-order valence-corrected chi connectivity index (χ1v) is 6.81. The van der Waals surface area contributed by atoms with Crippen molar-refractivity contribution in [1.82, 2.24) is 4.98 Å². The Balaban J connectivity index is 2.09. The Morgan fingerprint density at radius 3 is 2.50 bits per heavy atom. The summed E-state index contributed by atoms with van der Waals surface area (Å²) >= 11 is 0. The molecule has 0 unspecified atom stereocenters. The highest BCUT2D eigenvalue weighted by Gasteiger charge is 2.44. The lowest BCUT2D eigenvalue weighted by molar-refractivity contribution is -0.0507. The number of rotatable bonds is 2. The van der Waals surface area contributed by atoms with Crippen molar-refractivity contribution < 1.29 is 13.2 Å². The van der Waals surface area contributed by atoms with Gasteiger partial charge in [-0.1, -0.05) is 6.07 Å². The van der Waals surface area contributed by atoms with Crippen LogP contribution in [0.3, 0.4) is 0 Å². The number of nitrogens with two attached hydrogens (primary N) is 1. The van der Waals surface area contributed by atoms with Crippen molar-refractivity contribution in [2.45, 2.75) is 37.0 Å². The lowest BCUT2D eigenvalue weighted by Crippen LogP contribution is -2.42. The predicted octanol–water partition coefficient (Wildman–Crippen LogP) is 3.71. The van der Waals surface area contributed by atoms with Gasteiger partial charge in [-0.15, -0.1) is 0 Å². The number of nitrogens with one attached hydrogen (secondary N) is 1. The molecule has 1 aromatic carbocycles. The van der Waals surface area contributed by atoms with Gasteiger partial charge in [-0.3, -0.25) is 0 Å². The van der Waals surface area contributed by atoms with E-state index in [1.165, 1.54) is 6.07 Å². The molecule has 0 saturated heterocycles. The zero-order valence-corrected chi connectivity index (χ0v) is 11.1. The lowest BCUT2D eigenvalue weighted by Gasteiger charge is -2.39. The average molecular weight is 282 g/mol. The van der Waals surface area contributed by atoms with Gasteiger partial charge in [0.2, 0.25) is 5.92 Å². The number of H-pyrrole nitrogens is 1. The van der Waals surface area contributed by atoms with Crippen LogP contribution >= 0.6 is 0 Å². The first kappa shape index (κ1) is 13.5. The van der Waals surface area contributed by atoms with Gasteiger partial charge in [-0.2, -0.15) is 0 Å². The van der Waals surface area contributed by atoms with Gasteiger partial charge in [0.15, 0.2) is 0 Å². The van der Waals surface area contributed by atoms with E-state index in [2.05, 4.69) is 4.98 Å². The van der Waals surface area contributed by atoms with Gasteiger partial charge >= 0.3 is 0 Å². The minimum absolute atomic E-state index is 0.189. The van der Waals surface area contributed by atoms with Crippen LogP contribution in [-0.4, -0.2) is 17.5 Å². The molecular weight excluding hydrogens is 265 g/mol. The second kappa shape index (κ2) is 4.52. The summed E-state index contributed by atoms with van der Waals surface area (Å²) in [5.41, 5.74) is 6.75. The van der Waals surface area contributed by atoms with Crippen LogP contribution in [0.25, 0.3) is 10.9 Å². The van der Waals surface area contributed by atoms with Gasteiger partial charge in [-0.25, -0.2) is 13.2 Å². The normalized spacial score (nSPS) is 21.2. The van der Waals surface area contributed by atoms with Gasteiger partial charge in [0.1, 0.15) is 5.82 Å². The molecule has 2 aromatic rings. The van der Waals surface area contributed by atoms with Gasteiger partial charge in [0, 0.05) is 41.9 Å². The summed E-state index contributed by atoms with van der Waals surface area (Å²) < 4.78 is 40.9. The van der Waals surface area contributed by atoms with E-state index in [1.54, 1.807) is 18.3 Å². The van der Waals surface area contributed by atoms with Crippen LogP contribution in [0, 0.1) is 5.82 Å². The standard InChI is InChI=1S/C15H17F3N2/c16-11-2-1-3-12-13(11)10(8-20-12)14(9-19)4-6-15(17,18)7-5-14/h1-3,8,20H,4-7,9,19H2. The summed E-state index contributed by atoms with van der Waals surface area (Å²) in [4.78, 5) is 3.02. The quantitative estimate of drug-likeness (QED) is 0.866. The maximum absolute atomic E-state index is 14.1. The second-order valence-electron chi connectivity index (χ2n) is 5.71. The smallest absolute Gasteiger partial charge is 0.248 e. The number of benzene rings is 1. The van der Waals surface area contributed by atoms with Crippen LogP contribution in [0.2, 0.25) is 0 Å². The molecule has 0 atom stereocenters. The molecule has 1 aliphatic carbocycles. The molecule has 0 spiro atoms. The Hall–Kier alpha value is -1.49. The monoisotopic (exact) mass is 282 g/mol. The largest absolute Gasteiger partial charge is 0.361 e. The van der Waals surface area contributed by atoms with E-state index in [-0.39, 0.29) is 38.0 Å². The lowest BCUT2D eigenvalue weighted by atomic mass is 9.68. The van der Waals surface area contributed by atoms with Crippen LogP contribution in [0.15, 0.2) is 24.4 Å². The van der Waals surface area contributed by atoms with E-state index in [0.29, 0.717) is 10.9 Å². The van der Waals surface area contributed by atoms with Crippen LogP contribution in [0.4, 0.5) is 13.2 Å². The Bertz CT molecular complexity index is 623. The van der Waals surface area contributed by atoms with Crippen LogP contribution in [0.1, 0.15) is 31.2 Å². The summed E-state index contributed by atoms with van der Waals surface area (Å²) in [6.07, 6.45) is 1.93. The first-order valence-electron chi connectivity index (χ1n) is 6.81. The van der Waals surface area contributed by atoms with Crippen LogP contribution < -0.4 is 5.73 Å². The molecular formula is C15H17F3N2. The second-order valence-corrected chi connectivity index (χ2v) is 5.71. The topological polar surface area (TPSA) is 41.8 Å². The van der Waals surface area contributed by atoms with Crippen molar-refractivity contribution in [2.75, 3.05) is 6.54 Å². The Kier molecular flexibility index (Phi) is 3.05. The number of halogens is 3. The van der Waals surface area contributed by atoms with E-state index >= 15 is 0 Å². The maximum atomic E-state index is 14.1. The molecule has 0 amide bonds. The van der Waals surface area contributed by atoms with Gasteiger partial charge in [-0.05, 0) is 30.5 Å². The molecule has 1 saturated carbocycles. The van der Waals surface area contributed by atoms with Gasteiger partial charge < -0.3 is 10.7 Å². The zero-order valence-electron chi connectivity index (χ0n) is 11.1. The van der Waals surface area contributed by atoms with Crippen molar-refractivity contribution in [3.8, 4) is 0 Å². The van der Waals surface area contributed by atoms with E-state index in [1.807, 2.05) is 0 Å². The number of hydrogen-bond acceptors (Lipinski definition) is 1. The van der Waals surface area contributed by atoms with Crippen molar-refractivity contribution in [1.29, 1.82) is 0 Å². The van der Waals surface area contributed by atoms with Crippen molar-refractivity contribution in [2.24, 2.45) is 5.73 Å². The van der Waals surface area contributed by atoms with Crippen molar-refractivity contribution in [3.63, 3.8) is 0 Å². The highest BCUT2D eigenvalue weighted by molar-refractivity contribution is 5.85.